The van der Waals surface area contributed by atoms with Gasteiger partial charge in [0.2, 0.25) is 0 Å². The fraction of sp³-hybridized carbons (Fsp3) is 0.647. The molecular weight excluding hydrogens is 232 g/mol. The molecule has 19 heavy (non-hydrogen) atoms. The summed E-state index contributed by atoms with van der Waals surface area (Å²) in [6, 6.07) is 8.86. The Kier molecular flexibility index (Phi) is 5.26. The van der Waals surface area contributed by atoms with Gasteiger partial charge in [-0.2, -0.15) is 0 Å². The molecule has 1 N–H and O–H groups in total. The lowest BCUT2D eigenvalue weighted by Gasteiger charge is -2.26. The van der Waals surface area contributed by atoms with Crippen LogP contribution in [0.2, 0.25) is 0 Å². The molecular formula is C17H28N2. The van der Waals surface area contributed by atoms with Crippen molar-refractivity contribution in [3.8, 4) is 0 Å². The van der Waals surface area contributed by atoms with Crippen molar-refractivity contribution in [3.05, 3.63) is 29.8 Å². The number of benzene rings is 1. The van der Waals surface area contributed by atoms with E-state index in [1.165, 1.54) is 30.6 Å². The van der Waals surface area contributed by atoms with E-state index in [0.29, 0.717) is 5.92 Å². The summed E-state index contributed by atoms with van der Waals surface area (Å²) in [5, 5.41) is 3.56. The molecule has 106 valence electrons. The first kappa shape index (κ1) is 14.4. The van der Waals surface area contributed by atoms with Gasteiger partial charge in [-0.05, 0) is 49.8 Å². The van der Waals surface area contributed by atoms with Crippen molar-refractivity contribution < 1.29 is 0 Å². The summed E-state index contributed by atoms with van der Waals surface area (Å²) < 4.78 is 0. The van der Waals surface area contributed by atoms with Crippen LogP contribution >= 0.6 is 0 Å². The first-order valence-electron chi connectivity index (χ1n) is 7.74. The lowest BCUT2D eigenvalue weighted by atomic mass is 10.1. The van der Waals surface area contributed by atoms with Crippen LogP contribution in [-0.4, -0.2) is 19.6 Å². The molecule has 0 heterocycles. The molecule has 0 atom stereocenters. The maximum atomic E-state index is 3.56. The summed E-state index contributed by atoms with van der Waals surface area (Å²) in [4.78, 5) is 2.55. The molecule has 1 aromatic rings. The monoisotopic (exact) mass is 260 g/mol. The Hall–Kier alpha value is -1.02. The summed E-state index contributed by atoms with van der Waals surface area (Å²) in [5.41, 5.74) is 2.86. The SMILES string of the molecule is CCN(CC1CC1)c1ccccc1CNCC(C)C. The van der Waals surface area contributed by atoms with Crippen LogP contribution in [0, 0.1) is 11.8 Å². The van der Waals surface area contributed by atoms with Crippen molar-refractivity contribution in [2.75, 3.05) is 24.5 Å². The summed E-state index contributed by atoms with van der Waals surface area (Å²) in [6.45, 7) is 11.2. The Morgan fingerprint density at radius 3 is 2.63 bits per heavy atom. The Morgan fingerprint density at radius 2 is 2.00 bits per heavy atom. The number of hydrogen-bond donors (Lipinski definition) is 1. The standard InChI is InChI=1S/C17H28N2/c1-4-19(13-15-9-10-15)17-8-6-5-7-16(17)12-18-11-14(2)3/h5-8,14-15,18H,4,9-13H2,1-3H3. The third kappa shape index (κ3) is 4.54. The molecule has 1 aliphatic rings. The van der Waals surface area contributed by atoms with Gasteiger partial charge in [0.15, 0.2) is 0 Å². The van der Waals surface area contributed by atoms with E-state index in [2.05, 4.69) is 55.3 Å². The molecule has 2 heteroatoms. The molecule has 1 aliphatic carbocycles. The molecule has 1 saturated carbocycles. The molecule has 2 rings (SSSR count). The van der Waals surface area contributed by atoms with Crippen molar-refractivity contribution in [1.82, 2.24) is 5.32 Å². The molecule has 0 radical (unpaired) electrons. The third-order valence-electron chi connectivity index (χ3n) is 3.76. The van der Waals surface area contributed by atoms with E-state index in [0.717, 1.165) is 25.6 Å². The van der Waals surface area contributed by atoms with Gasteiger partial charge in [0.1, 0.15) is 0 Å². The zero-order valence-electron chi connectivity index (χ0n) is 12.7. The number of nitrogens with one attached hydrogen (secondary N) is 1. The quantitative estimate of drug-likeness (QED) is 0.767. The van der Waals surface area contributed by atoms with E-state index < -0.39 is 0 Å². The lowest BCUT2D eigenvalue weighted by Crippen LogP contribution is -2.27. The van der Waals surface area contributed by atoms with E-state index in [4.69, 9.17) is 0 Å². The van der Waals surface area contributed by atoms with Crippen LogP contribution in [-0.2, 0) is 6.54 Å². The van der Waals surface area contributed by atoms with Gasteiger partial charge >= 0.3 is 0 Å². The van der Waals surface area contributed by atoms with E-state index in [9.17, 15) is 0 Å². The number of para-hydroxylation sites is 1. The minimum atomic E-state index is 0.709. The first-order chi connectivity index (χ1) is 9.20. The van der Waals surface area contributed by atoms with Crippen LogP contribution < -0.4 is 10.2 Å². The van der Waals surface area contributed by atoms with Gasteiger partial charge in [-0.25, -0.2) is 0 Å². The summed E-state index contributed by atoms with van der Waals surface area (Å²) >= 11 is 0. The Balaban J connectivity index is 2.00. The van der Waals surface area contributed by atoms with Gasteiger partial charge in [-0.15, -0.1) is 0 Å². The molecule has 0 bridgehead atoms. The number of anilines is 1. The van der Waals surface area contributed by atoms with Crippen molar-refractivity contribution >= 4 is 5.69 Å². The predicted octanol–water partition coefficient (Wildman–Crippen LogP) is 3.67. The highest BCUT2D eigenvalue weighted by Crippen LogP contribution is 2.32. The van der Waals surface area contributed by atoms with Gasteiger partial charge in [-0.1, -0.05) is 32.0 Å². The molecule has 0 saturated heterocycles. The second-order valence-corrected chi connectivity index (χ2v) is 6.14. The maximum Gasteiger partial charge on any atom is 0.0411 e. The summed E-state index contributed by atoms with van der Waals surface area (Å²) in [6.07, 6.45) is 2.84. The van der Waals surface area contributed by atoms with Crippen molar-refractivity contribution in [1.29, 1.82) is 0 Å². The Morgan fingerprint density at radius 1 is 1.26 bits per heavy atom. The number of nitrogens with zero attached hydrogens (tertiary/aromatic N) is 1. The van der Waals surface area contributed by atoms with E-state index >= 15 is 0 Å². The molecule has 0 amide bonds. The average Bonchev–Trinajstić information content (AvgIpc) is 3.20. The highest BCUT2D eigenvalue weighted by molar-refractivity contribution is 5.53. The minimum absolute atomic E-state index is 0.709. The van der Waals surface area contributed by atoms with E-state index in [1.54, 1.807) is 0 Å². The van der Waals surface area contributed by atoms with Crippen LogP contribution in [0.4, 0.5) is 5.69 Å². The predicted molar refractivity (Wildman–Crippen MR) is 83.6 cm³/mol. The van der Waals surface area contributed by atoms with Crippen LogP contribution in [0.25, 0.3) is 0 Å². The van der Waals surface area contributed by atoms with Crippen molar-refractivity contribution in [3.63, 3.8) is 0 Å². The first-order valence-corrected chi connectivity index (χ1v) is 7.74. The van der Waals surface area contributed by atoms with Crippen LogP contribution in [0.5, 0.6) is 0 Å². The fourth-order valence-electron chi connectivity index (χ4n) is 2.47. The molecule has 0 aromatic heterocycles. The van der Waals surface area contributed by atoms with Crippen LogP contribution in [0.1, 0.15) is 39.2 Å². The Labute approximate surface area is 118 Å². The Bertz CT molecular complexity index is 383. The van der Waals surface area contributed by atoms with Crippen LogP contribution in [0.15, 0.2) is 24.3 Å². The van der Waals surface area contributed by atoms with Crippen molar-refractivity contribution in [2.45, 2.75) is 40.2 Å². The minimum Gasteiger partial charge on any atom is -0.371 e. The molecule has 1 fully saturated rings. The molecule has 0 unspecified atom stereocenters. The van der Waals surface area contributed by atoms with Gasteiger partial charge < -0.3 is 10.2 Å². The normalized spacial score (nSPS) is 14.9. The molecule has 0 spiro atoms. The molecule has 1 aromatic carbocycles. The zero-order valence-corrected chi connectivity index (χ0v) is 12.7. The lowest BCUT2D eigenvalue weighted by molar-refractivity contribution is 0.551. The zero-order chi connectivity index (χ0) is 13.7. The second kappa shape index (κ2) is 6.95. The highest BCUT2D eigenvalue weighted by Gasteiger charge is 2.24. The summed E-state index contributed by atoms with van der Waals surface area (Å²) in [7, 11) is 0. The molecule has 0 aliphatic heterocycles. The van der Waals surface area contributed by atoms with E-state index in [1.807, 2.05) is 0 Å². The van der Waals surface area contributed by atoms with E-state index in [-0.39, 0.29) is 0 Å². The summed E-state index contributed by atoms with van der Waals surface area (Å²) in [5.74, 6) is 1.65. The van der Waals surface area contributed by atoms with Crippen molar-refractivity contribution in [2.24, 2.45) is 11.8 Å². The third-order valence-corrected chi connectivity index (χ3v) is 3.76. The smallest absolute Gasteiger partial charge is 0.0411 e. The van der Waals surface area contributed by atoms with Gasteiger partial charge in [0.25, 0.3) is 0 Å². The van der Waals surface area contributed by atoms with Crippen LogP contribution in [0.3, 0.4) is 0 Å². The van der Waals surface area contributed by atoms with Gasteiger partial charge in [0, 0.05) is 25.3 Å². The average molecular weight is 260 g/mol. The van der Waals surface area contributed by atoms with Gasteiger partial charge in [-0.3, -0.25) is 0 Å². The van der Waals surface area contributed by atoms with Gasteiger partial charge in [0.05, 0.1) is 0 Å². The number of hydrogen-bond acceptors (Lipinski definition) is 2. The maximum absolute atomic E-state index is 3.56. The fourth-order valence-corrected chi connectivity index (χ4v) is 2.47. The molecule has 2 nitrogen and oxygen atoms in total. The highest BCUT2D eigenvalue weighted by atomic mass is 15.1. The number of rotatable bonds is 8. The largest absolute Gasteiger partial charge is 0.371 e. The second-order valence-electron chi connectivity index (χ2n) is 6.14. The topological polar surface area (TPSA) is 15.3 Å².